The normalized spacial score (nSPS) is 16.9. The van der Waals surface area contributed by atoms with Gasteiger partial charge < -0.3 is 4.74 Å². The molecule has 36 heavy (non-hydrogen) atoms. The van der Waals surface area contributed by atoms with Crippen LogP contribution < -0.4 is 4.90 Å². The highest BCUT2D eigenvalue weighted by molar-refractivity contribution is 7.89. The minimum atomic E-state index is -4.22. The molecule has 10 heteroatoms. The maximum atomic E-state index is 13.8. The first kappa shape index (κ1) is 25.6. The lowest BCUT2D eigenvalue weighted by Crippen LogP contribution is -2.46. The van der Waals surface area contributed by atoms with E-state index in [1.807, 2.05) is 0 Å². The van der Waals surface area contributed by atoms with Crippen LogP contribution in [0, 0.1) is 0 Å². The molecule has 1 aliphatic rings. The third-order valence-corrected chi connectivity index (χ3v) is 8.27. The van der Waals surface area contributed by atoms with Crippen molar-refractivity contribution in [2.24, 2.45) is 0 Å². The number of amides is 2. The standard InChI is InChI=1S/C26H23ClN2O6S/c1-17(18-6-4-3-5-7-18)29(36(33,34)22-14-10-20(27)11-15-22)23-16-24(30)28(25(23)31)21-12-8-19(9-13-21)26(32)35-2/h3-15,17,23H,16H2,1-2H3. The lowest BCUT2D eigenvalue weighted by Gasteiger charge is -2.32. The summed E-state index contributed by atoms with van der Waals surface area (Å²) in [5, 5.41) is 0.366. The minimum absolute atomic E-state index is 0.0455. The first-order valence-electron chi connectivity index (χ1n) is 11.0. The van der Waals surface area contributed by atoms with E-state index < -0.39 is 39.9 Å². The predicted octanol–water partition coefficient (Wildman–Crippen LogP) is 4.21. The smallest absolute Gasteiger partial charge is 0.337 e. The third kappa shape index (κ3) is 4.77. The summed E-state index contributed by atoms with van der Waals surface area (Å²) in [6, 6.07) is 18.3. The molecule has 0 aliphatic carbocycles. The van der Waals surface area contributed by atoms with Gasteiger partial charge in [-0.05, 0) is 61.0 Å². The van der Waals surface area contributed by atoms with Gasteiger partial charge in [0.2, 0.25) is 15.9 Å². The Hall–Kier alpha value is -3.53. The van der Waals surface area contributed by atoms with Crippen molar-refractivity contribution in [3.8, 4) is 0 Å². The van der Waals surface area contributed by atoms with Gasteiger partial charge in [-0.25, -0.2) is 18.1 Å². The molecule has 1 heterocycles. The van der Waals surface area contributed by atoms with Crippen molar-refractivity contribution in [2.45, 2.75) is 30.3 Å². The Bertz CT molecular complexity index is 1390. The van der Waals surface area contributed by atoms with Gasteiger partial charge in [-0.3, -0.25) is 9.59 Å². The molecule has 0 N–H and O–H groups in total. The largest absolute Gasteiger partial charge is 0.465 e. The number of anilines is 1. The van der Waals surface area contributed by atoms with Gasteiger partial charge >= 0.3 is 5.97 Å². The molecule has 1 fully saturated rings. The molecular formula is C26H23ClN2O6S. The summed E-state index contributed by atoms with van der Waals surface area (Å²) in [5.74, 6) is -1.78. The molecule has 1 aliphatic heterocycles. The molecule has 3 aromatic rings. The quantitative estimate of drug-likeness (QED) is 0.337. The molecule has 2 unspecified atom stereocenters. The third-order valence-electron chi connectivity index (χ3n) is 6.03. The summed E-state index contributed by atoms with van der Waals surface area (Å²) < 4.78 is 33.5. The molecule has 2 atom stereocenters. The number of imide groups is 1. The van der Waals surface area contributed by atoms with Gasteiger partial charge in [0.1, 0.15) is 6.04 Å². The average molecular weight is 527 g/mol. The van der Waals surface area contributed by atoms with Gasteiger partial charge in [0.15, 0.2) is 0 Å². The highest BCUT2D eigenvalue weighted by Crippen LogP contribution is 2.36. The van der Waals surface area contributed by atoms with Gasteiger partial charge in [0.25, 0.3) is 5.91 Å². The van der Waals surface area contributed by atoms with Crippen LogP contribution in [0.4, 0.5) is 5.69 Å². The number of halogens is 1. The van der Waals surface area contributed by atoms with Crippen molar-refractivity contribution in [3.05, 3.63) is 95.0 Å². The van der Waals surface area contributed by atoms with Crippen LogP contribution in [-0.2, 0) is 24.3 Å². The zero-order chi connectivity index (χ0) is 26.0. The molecule has 186 valence electrons. The number of sulfonamides is 1. The van der Waals surface area contributed by atoms with Gasteiger partial charge in [-0.2, -0.15) is 4.31 Å². The second-order valence-electron chi connectivity index (χ2n) is 8.20. The zero-order valence-corrected chi connectivity index (χ0v) is 21.1. The molecule has 3 aromatic carbocycles. The maximum absolute atomic E-state index is 13.8. The lowest BCUT2D eigenvalue weighted by atomic mass is 10.1. The van der Waals surface area contributed by atoms with Crippen molar-refractivity contribution in [2.75, 3.05) is 12.0 Å². The van der Waals surface area contributed by atoms with E-state index >= 15 is 0 Å². The highest BCUT2D eigenvalue weighted by Gasteiger charge is 2.49. The number of carbonyl (C=O) groups excluding carboxylic acids is 3. The summed E-state index contributed by atoms with van der Waals surface area (Å²) in [4.78, 5) is 39.3. The Labute approximate surface area is 214 Å². The first-order valence-corrected chi connectivity index (χ1v) is 12.9. The number of rotatable bonds is 7. The van der Waals surface area contributed by atoms with E-state index in [0.29, 0.717) is 10.6 Å². The van der Waals surface area contributed by atoms with Crippen molar-refractivity contribution in [1.29, 1.82) is 0 Å². The molecule has 2 amide bonds. The fraction of sp³-hybridized carbons (Fsp3) is 0.192. The zero-order valence-electron chi connectivity index (χ0n) is 19.5. The summed E-state index contributed by atoms with van der Waals surface area (Å²) in [5.41, 5.74) is 1.15. The SMILES string of the molecule is COC(=O)c1ccc(N2C(=O)CC(N(C(C)c3ccccc3)S(=O)(=O)c3ccc(Cl)cc3)C2=O)cc1. The van der Waals surface area contributed by atoms with Crippen LogP contribution in [0.15, 0.2) is 83.8 Å². The van der Waals surface area contributed by atoms with Crippen LogP contribution in [0.3, 0.4) is 0 Å². The maximum Gasteiger partial charge on any atom is 0.337 e. The number of nitrogens with zero attached hydrogens (tertiary/aromatic N) is 2. The molecule has 1 saturated heterocycles. The van der Waals surface area contributed by atoms with E-state index in [-0.39, 0.29) is 22.6 Å². The number of hydrogen-bond donors (Lipinski definition) is 0. The van der Waals surface area contributed by atoms with E-state index in [0.717, 1.165) is 9.21 Å². The molecule has 4 rings (SSSR count). The van der Waals surface area contributed by atoms with Gasteiger partial charge in [-0.1, -0.05) is 41.9 Å². The monoisotopic (exact) mass is 526 g/mol. The highest BCUT2D eigenvalue weighted by atomic mass is 35.5. The van der Waals surface area contributed by atoms with Crippen LogP contribution >= 0.6 is 11.6 Å². The van der Waals surface area contributed by atoms with Crippen LogP contribution in [0.2, 0.25) is 5.02 Å². The van der Waals surface area contributed by atoms with Crippen LogP contribution in [0.5, 0.6) is 0 Å². The van der Waals surface area contributed by atoms with Crippen molar-refractivity contribution >= 4 is 45.1 Å². The van der Waals surface area contributed by atoms with E-state index in [9.17, 15) is 22.8 Å². The Morgan fingerprint density at radius 3 is 2.19 bits per heavy atom. The van der Waals surface area contributed by atoms with E-state index in [1.165, 1.54) is 55.6 Å². The second kappa shape index (κ2) is 10.2. The average Bonchev–Trinajstić information content (AvgIpc) is 3.17. The van der Waals surface area contributed by atoms with E-state index in [4.69, 9.17) is 11.6 Å². The summed E-state index contributed by atoms with van der Waals surface area (Å²) in [7, 11) is -2.97. The number of benzene rings is 3. The molecular weight excluding hydrogens is 504 g/mol. The van der Waals surface area contributed by atoms with Crippen molar-refractivity contribution in [3.63, 3.8) is 0 Å². The number of carbonyl (C=O) groups is 3. The summed E-state index contributed by atoms with van der Waals surface area (Å²) in [6.45, 7) is 1.67. The number of hydrogen-bond acceptors (Lipinski definition) is 6. The molecule has 0 radical (unpaired) electrons. The summed E-state index contributed by atoms with van der Waals surface area (Å²) in [6.07, 6.45) is -0.332. The number of ether oxygens (including phenoxy) is 1. The Morgan fingerprint density at radius 1 is 1.00 bits per heavy atom. The number of esters is 1. The minimum Gasteiger partial charge on any atom is -0.465 e. The van der Waals surface area contributed by atoms with Crippen LogP contribution in [-0.4, -0.2) is 43.7 Å². The fourth-order valence-electron chi connectivity index (χ4n) is 4.20. The summed E-state index contributed by atoms with van der Waals surface area (Å²) >= 11 is 5.95. The molecule has 0 saturated carbocycles. The Kier molecular flexibility index (Phi) is 7.26. The van der Waals surface area contributed by atoms with Crippen LogP contribution in [0.25, 0.3) is 0 Å². The van der Waals surface area contributed by atoms with Gasteiger partial charge in [-0.15, -0.1) is 0 Å². The predicted molar refractivity (Wildman–Crippen MR) is 134 cm³/mol. The number of methoxy groups -OCH3 is 1. The molecule has 0 bridgehead atoms. The fourth-order valence-corrected chi connectivity index (χ4v) is 6.09. The Balaban J connectivity index is 1.75. The Morgan fingerprint density at radius 2 is 1.61 bits per heavy atom. The van der Waals surface area contributed by atoms with Crippen LogP contribution in [0.1, 0.15) is 35.3 Å². The first-order chi connectivity index (χ1) is 17.1. The molecule has 8 nitrogen and oxygen atoms in total. The van der Waals surface area contributed by atoms with Gasteiger partial charge in [0, 0.05) is 11.1 Å². The van der Waals surface area contributed by atoms with Crippen molar-refractivity contribution < 1.29 is 27.5 Å². The van der Waals surface area contributed by atoms with Gasteiger partial charge in [0.05, 0.1) is 29.7 Å². The second-order valence-corrected chi connectivity index (χ2v) is 10.5. The van der Waals surface area contributed by atoms with E-state index in [2.05, 4.69) is 4.74 Å². The topological polar surface area (TPSA) is 101 Å². The molecule has 0 spiro atoms. The molecule has 0 aromatic heterocycles. The van der Waals surface area contributed by atoms with Crippen molar-refractivity contribution in [1.82, 2.24) is 4.31 Å². The van der Waals surface area contributed by atoms with E-state index in [1.54, 1.807) is 37.3 Å². The lowest BCUT2D eigenvalue weighted by molar-refractivity contribution is -0.122.